The van der Waals surface area contributed by atoms with E-state index in [0.717, 1.165) is 52.7 Å². The van der Waals surface area contributed by atoms with Gasteiger partial charge in [0.25, 0.3) is 17.6 Å². The minimum Gasteiger partial charge on any atom is -0.490 e. The molecule has 2 fully saturated rings. The second kappa shape index (κ2) is 13.5. The number of ketones is 1. The van der Waals surface area contributed by atoms with Crippen molar-refractivity contribution in [3.8, 4) is 16.9 Å². The maximum absolute atomic E-state index is 16.3. The Bertz CT molecular complexity index is 1730. The van der Waals surface area contributed by atoms with Gasteiger partial charge in [0.1, 0.15) is 5.75 Å². The third kappa shape index (κ3) is 6.94. The number of carbonyl (C=O) groups excluding carboxylic acids is 3. The summed E-state index contributed by atoms with van der Waals surface area (Å²) in [5.41, 5.74) is 6.95. The number of ether oxygens (including phenoxy) is 1. The summed E-state index contributed by atoms with van der Waals surface area (Å²) < 4.78 is 39.3. The first kappa shape index (κ1) is 32.1. The minimum absolute atomic E-state index is 0.0799. The molecule has 6 rings (SSSR count). The lowest BCUT2D eigenvalue weighted by atomic mass is 9.95. The van der Waals surface area contributed by atoms with Gasteiger partial charge in [-0.1, -0.05) is 48.0 Å². The number of likely N-dealkylation sites (tertiary alicyclic amines) is 1. The van der Waals surface area contributed by atoms with Crippen molar-refractivity contribution >= 4 is 50.6 Å². The van der Waals surface area contributed by atoms with Crippen LogP contribution < -0.4 is 15.8 Å². The Hall–Kier alpha value is -3.86. The van der Waals surface area contributed by atoms with Crippen molar-refractivity contribution < 1.29 is 27.9 Å². The Kier molecular flexibility index (Phi) is 9.40. The highest BCUT2D eigenvalue weighted by molar-refractivity contribution is 7.21. The highest BCUT2D eigenvalue weighted by atomic mass is 35.5. The molecule has 1 aromatic heterocycles. The van der Waals surface area contributed by atoms with Gasteiger partial charge >= 0.3 is 5.92 Å². The first-order chi connectivity index (χ1) is 22.1. The van der Waals surface area contributed by atoms with Gasteiger partial charge < -0.3 is 20.7 Å². The number of nitrogens with one attached hydrogen (secondary N) is 1. The van der Waals surface area contributed by atoms with Gasteiger partial charge in [-0.15, -0.1) is 11.3 Å². The van der Waals surface area contributed by atoms with Crippen LogP contribution in [0.5, 0.6) is 5.75 Å². The number of fused-ring (bicyclic) bond motifs is 1. The normalized spacial score (nSPS) is 16.8. The van der Waals surface area contributed by atoms with Crippen molar-refractivity contribution in [1.29, 1.82) is 0 Å². The molecular formula is C35H34ClF2N3O4S. The average molecular weight is 666 g/mol. The highest BCUT2D eigenvalue weighted by Crippen LogP contribution is 2.36. The number of carbonyl (C=O) groups is 3. The number of hydrogen-bond donors (Lipinski definition) is 2. The monoisotopic (exact) mass is 665 g/mol. The Morgan fingerprint density at radius 1 is 0.913 bits per heavy atom. The molecule has 2 amide bonds. The SMILES string of the molecule is NC1CCN(C(=O)C(NC(=O)C(=O)c2cc3ccc(OC4CCCC4)cc3s2)C(F)(F)c2ccc(-c3ccc(Cl)cc3)cc2)CC1. The molecule has 0 bridgehead atoms. The number of amides is 2. The lowest BCUT2D eigenvalue weighted by Crippen LogP contribution is -2.58. The molecule has 1 aliphatic heterocycles. The fourth-order valence-corrected chi connectivity index (χ4v) is 7.16. The number of hydrogen-bond acceptors (Lipinski definition) is 6. The molecule has 3 N–H and O–H groups in total. The van der Waals surface area contributed by atoms with Gasteiger partial charge in [0, 0.05) is 34.4 Å². The van der Waals surface area contributed by atoms with Crippen molar-refractivity contribution in [2.45, 2.75) is 62.6 Å². The van der Waals surface area contributed by atoms with Gasteiger partial charge in [-0.25, -0.2) is 0 Å². The smallest absolute Gasteiger partial charge is 0.302 e. The fraction of sp³-hybridized carbons (Fsp3) is 0.343. The predicted octanol–water partition coefficient (Wildman–Crippen LogP) is 6.95. The van der Waals surface area contributed by atoms with Crippen LogP contribution in [0.1, 0.15) is 53.8 Å². The third-order valence-electron chi connectivity index (χ3n) is 8.71. The Morgan fingerprint density at radius 2 is 1.54 bits per heavy atom. The summed E-state index contributed by atoms with van der Waals surface area (Å²) in [7, 11) is 0. The van der Waals surface area contributed by atoms with Crippen LogP contribution in [0.25, 0.3) is 21.2 Å². The van der Waals surface area contributed by atoms with E-state index in [1.165, 1.54) is 29.2 Å². The summed E-state index contributed by atoms with van der Waals surface area (Å²) in [6.07, 6.45) is 5.29. The molecule has 2 heterocycles. The van der Waals surface area contributed by atoms with Crippen LogP contribution in [0.4, 0.5) is 8.78 Å². The molecule has 7 nitrogen and oxygen atoms in total. The molecule has 1 aliphatic carbocycles. The number of nitrogens with two attached hydrogens (primary N) is 1. The number of thiophene rings is 1. The summed E-state index contributed by atoms with van der Waals surface area (Å²) in [6.45, 7) is 0.348. The van der Waals surface area contributed by atoms with Crippen LogP contribution in [0, 0.1) is 0 Å². The van der Waals surface area contributed by atoms with E-state index in [4.69, 9.17) is 22.1 Å². The molecule has 0 radical (unpaired) electrons. The van der Waals surface area contributed by atoms with E-state index in [9.17, 15) is 14.4 Å². The number of piperidine rings is 1. The first-order valence-corrected chi connectivity index (χ1v) is 16.6. The second-order valence-corrected chi connectivity index (χ2v) is 13.5. The van der Waals surface area contributed by atoms with Gasteiger partial charge in [-0.2, -0.15) is 8.78 Å². The maximum atomic E-state index is 16.3. The highest BCUT2D eigenvalue weighted by Gasteiger charge is 2.49. The lowest BCUT2D eigenvalue weighted by Gasteiger charge is -2.35. The van der Waals surface area contributed by atoms with Crippen LogP contribution in [-0.4, -0.2) is 53.8 Å². The zero-order valence-electron chi connectivity index (χ0n) is 25.0. The van der Waals surface area contributed by atoms with Crippen LogP contribution in [-0.2, 0) is 15.5 Å². The average Bonchev–Trinajstić information content (AvgIpc) is 3.73. The largest absolute Gasteiger partial charge is 0.490 e. The molecule has 4 aromatic rings. The molecule has 0 spiro atoms. The number of rotatable bonds is 9. The van der Waals surface area contributed by atoms with Crippen molar-refractivity contribution in [3.63, 3.8) is 0 Å². The van der Waals surface area contributed by atoms with Crippen molar-refractivity contribution in [2.24, 2.45) is 5.73 Å². The van der Waals surface area contributed by atoms with Crippen molar-refractivity contribution in [1.82, 2.24) is 10.2 Å². The van der Waals surface area contributed by atoms with E-state index in [-0.39, 0.29) is 30.1 Å². The number of halogens is 3. The Balaban J connectivity index is 1.24. The third-order valence-corrected chi connectivity index (χ3v) is 10.1. The summed E-state index contributed by atoms with van der Waals surface area (Å²) >= 11 is 7.05. The topological polar surface area (TPSA) is 102 Å². The van der Waals surface area contributed by atoms with Gasteiger partial charge in [0.05, 0.1) is 11.0 Å². The molecule has 2 aliphatic rings. The van der Waals surface area contributed by atoms with Gasteiger partial charge in [0.2, 0.25) is 0 Å². The molecule has 3 aromatic carbocycles. The van der Waals surface area contributed by atoms with Gasteiger partial charge in [0.15, 0.2) is 6.04 Å². The number of alkyl halides is 2. The molecule has 11 heteroatoms. The molecule has 46 heavy (non-hydrogen) atoms. The molecule has 1 atom stereocenters. The summed E-state index contributed by atoms with van der Waals surface area (Å²) in [5, 5.41) is 3.40. The predicted molar refractivity (Wildman–Crippen MR) is 176 cm³/mol. The number of Topliss-reactive ketones (excluding diaryl/α,β-unsaturated/α-hetero) is 1. The van der Waals surface area contributed by atoms with Crippen LogP contribution in [0.15, 0.2) is 72.8 Å². The van der Waals surface area contributed by atoms with Crippen LogP contribution >= 0.6 is 22.9 Å². The van der Waals surface area contributed by atoms with E-state index in [2.05, 4.69) is 5.32 Å². The summed E-state index contributed by atoms with van der Waals surface area (Å²) in [6, 6.07) is 17.0. The molecular weight excluding hydrogens is 632 g/mol. The summed E-state index contributed by atoms with van der Waals surface area (Å²) in [4.78, 5) is 41.6. The number of benzene rings is 3. The van der Waals surface area contributed by atoms with Gasteiger partial charge in [-0.05, 0) is 91.4 Å². The minimum atomic E-state index is -3.84. The van der Waals surface area contributed by atoms with Crippen LogP contribution in [0.2, 0.25) is 5.02 Å². The van der Waals surface area contributed by atoms with E-state index in [0.29, 0.717) is 29.2 Å². The molecule has 1 unspecified atom stereocenters. The summed E-state index contributed by atoms with van der Waals surface area (Å²) in [5.74, 6) is -6.40. The molecule has 240 valence electrons. The van der Waals surface area contributed by atoms with E-state index in [1.54, 1.807) is 36.4 Å². The standard InChI is InChI=1S/C35H34ClF2N3O4S/c36-25-12-7-22(8-13-25)21-5-10-24(11-6-21)35(37,38)32(34(44)41-17-15-26(39)16-18-41)40-33(43)31(42)30-19-23-9-14-28(20-29(23)46-30)45-27-3-1-2-4-27/h5-14,19-20,26-27,32H,1-4,15-18,39H2,(H,40,43). The van der Waals surface area contributed by atoms with E-state index < -0.39 is 35.1 Å². The van der Waals surface area contributed by atoms with E-state index >= 15 is 8.78 Å². The zero-order chi connectivity index (χ0) is 32.4. The van der Waals surface area contributed by atoms with Crippen LogP contribution in [0.3, 0.4) is 0 Å². The number of nitrogens with zero attached hydrogens (tertiary/aromatic N) is 1. The van der Waals surface area contributed by atoms with Crippen molar-refractivity contribution in [3.05, 3.63) is 88.3 Å². The fourth-order valence-electron chi connectivity index (χ4n) is 6.01. The zero-order valence-corrected chi connectivity index (χ0v) is 26.6. The van der Waals surface area contributed by atoms with Crippen molar-refractivity contribution in [2.75, 3.05) is 13.1 Å². The first-order valence-electron chi connectivity index (χ1n) is 15.4. The van der Waals surface area contributed by atoms with Gasteiger partial charge in [-0.3, -0.25) is 14.4 Å². The molecule has 1 saturated heterocycles. The molecule has 1 saturated carbocycles. The quantitative estimate of drug-likeness (QED) is 0.149. The Labute approximate surface area is 274 Å². The van der Waals surface area contributed by atoms with E-state index in [1.807, 2.05) is 12.1 Å². The maximum Gasteiger partial charge on any atom is 0.302 e. The Morgan fingerprint density at radius 3 is 2.20 bits per heavy atom. The second-order valence-electron chi connectivity index (χ2n) is 11.9. The lowest BCUT2D eigenvalue weighted by molar-refractivity contribution is -0.149.